The minimum atomic E-state index is -0.113. The van der Waals surface area contributed by atoms with Crippen LogP contribution in [0.1, 0.15) is 4.11 Å². The molecule has 11 heavy (non-hydrogen) atoms. The highest BCUT2D eigenvalue weighted by Gasteiger charge is 2.03. The molecule has 3 nitrogen and oxygen atoms in total. The second-order valence-corrected chi connectivity index (χ2v) is 3.28. The third kappa shape index (κ3) is 1.34. The summed E-state index contributed by atoms with van der Waals surface area (Å²) in [6.07, 6.45) is -0.157. The van der Waals surface area contributed by atoms with Crippen molar-refractivity contribution in [3.05, 3.63) is 22.3 Å². The first kappa shape index (κ1) is 4.37. The van der Waals surface area contributed by atoms with Crippen LogP contribution in [0.3, 0.4) is 0 Å². The SMILES string of the molecule is [2H]c1nc(-c2nc(Br)c([2H])s2)[nH]c1[2H]. The first-order valence-corrected chi connectivity index (χ1v) is 4.35. The third-order valence-electron chi connectivity index (χ3n) is 1.04. The average molecular weight is 233 g/mol. The Labute approximate surface area is 79.9 Å². The standard InChI is InChI=1S/C6H4BrN3S/c7-4-3-11-6(10-4)5-8-1-2-9-5/h1-3H,(H,8,9)/i1D,2D,3D. The molecule has 0 aliphatic rings. The highest BCUT2D eigenvalue weighted by molar-refractivity contribution is 9.10. The van der Waals surface area contributed by atoms with Crippen molar-refractivity contribution in [2.24, 2.45) is 0 Å². The van der Waals surface area contributed by atoms with Gasteiger partial charge in [-0.05, 0) is 15.9 Å². The summed E-state index contributed by atoms with van der Waals surface area (Å²) in [5.74, 6) is 0.365. The Morgan fingerprint density at radius 1 is 1.73 bits per heavy atom. The number of thiazole rings is 1. The predicted octanol–water partition coefficient (Wildman–Crippen LogP) is 2.30. The van der Waals surface area contributed by atoms with E-state index >= 15 is 0 Å². The molecule has 0 saturated heterocycles. The predicted molar refractivity (Wildman–Crippen MR) is 47.4 cm³/mol. The average Bonchev–Trinajstić information content (AvgIpc) is 2.60. The summed E-state index contributed by atoms with van der Waals surface area (Å²) in [7, 11) is 0. The molecular formula is C6H4BrN3S. The Morgan fingerprint density at radius 3 is 3.18 bits per heavy atom. The van der Waals surface area contributed by atoms with Gasteiger partial charge in [0.2, 0.25) is 0 Å². The lowest BCUT2D eigenvalue weighted by atomic mass is 10.7. The van der Waals surface area contributed by atoms with E-state index in [9.17, 15) is 0 Å². The Kier molecular flexibility index (Phi) is 1.09. The van der Waals surface area contributed by atoms with Crippen LogP contribution in [0.5, 0.6) is 0 Å². The van der Waals surface area contributed by atoms with Crippen molar-refractivity contribution in [1.29, 1.82) is 0 Å². The first-order valence-electron chi connectivity index (χ1n) is 4.24. The highest BCUT2D eigenvalue weighted by atomic mass is 79.9. The van der Waals surface area contributed by atoms with E-state index in [2.05, 4.69) is 30.9 Å². The summed E-state index contributed by atoms with van der Waals surface area (Å²) in [6, 6.07) is 0. The van der Waals surface area contributed by atoms with Crippen LogP contribution in [0.25, 0.3) is 10.8 Å². The quantitative estimate of drug-likeness (QED) is 0.820. The molecule has 2 aromatic rings. The number of aromatic nitrogens is 3. The molecule has 0 aliphatic heterocycles. The van der Waals surface area contributed by atoms with Crippen LogP contribution in [-0.2, 0) is 0 Å². The van der Waals surface area contributed by atoms with Gasteiger partial charge in [0.1, 0.15) is 4.60 Å². The van der Waals surface area contributed by atoms with E-state index in [0.717, 1.165) is 11.3 Å². The molecule has 1 N–H and O–H groups in total. The van der Waals surface area contributed by atoms with Gasteiger partial charge in [0, 0.05) is 17.7 Å². The summed E-state index contributed by atoms with van der Waals surface area (Å²) in [5.41, 5.74) is 0. The smallest absolute Gasteiger partial charge is 0.166 e. The summed E-state index contributed by atoms with van der Waals surface area (Å²) in [4.78, 5) is 10.4. The largest absolute Gasteiger partial charge is 0.343 e. The second kappa shape index (κ2) is 2.75. The lowest BCUT2D eigenvalue weighted by Crippen LogP contribution is -1.76. The number of nitrogens with zero attached hydrogens (tertiary/aromatic N) is 2. The molecule has 0 atom stereocenters. The number of aromatic amines is 1. The molecule has 5 heteroatoms. The van der Waals surface area contributed by atoms with Gasteiger partial charge in [0.05, 0.1) is 4.11 Å². The van der Waals surface area contributed by atoms with E-state index in [4.69, 9.17) is 4.11 Å². The van der Waals surface area contributed by atoms with Gasteiger partial charge in [-0.1, -0.05) is 0 Å². The maximum absolute atomic E-state index is 7.42. The van der Waals surface area contributed by atoms with Crippen molar-refractivity contribution in [2.45, 2.75) is 0 Å². The van der Waals surface area contributed by atoms with Gasteiger partial charge in [-0.25, -0.2) is 9.97 Å². The molecule has 2 heterocycles. The summed E-state index contributed by atoms with van der Waals surface area (Å²) in [6.45, 7) is 0. The molecule has 0 aliphatic carbocycles. The molecule has 0 unspecified atom stereocenters. The molecule has 56 valence electrons. The number of rotatable bonds is 1. The van der Waals surface area contributed by atoms with E-state index in [-0.39, 0.29) is 12.3 Å². The van der Waals surface area contributed by atoms with Gasteiger partial charge in [-0.15, -0.1) is 11.3 Å². The monoisotopic (exact) mass is 232 g/mol. The molecule has 0 amide bonds. The van der Waals surface area contributed by atoms with Crippen molar-refractivity contribution in [1.82, 2.24) is 15.0 Å². The van der Waals surface area contributed by atoms with Gasteiger partial charge in [0.25, 0.3) is 0 Å². The van der Waals surface area contributed by atoms with Crippen LogP contribution < -0.4 is 0 Å². The maximum Gasteiger partial charge on any atom is 0.166 e. The minimum absolute atomic E-state index is 0.0437. The van der Waals surface area contributed by atoms with Gasteiger partial charge < -0.3 is 4.98 Å². The zero-order valence-corrected chi connectivity index (χ0v) is 7.58. The van der Waals surface area contributed by atoms with Gasteiger partial charge >= 0.3 is 0 Å². The van der Waals surface area contributed by atoms with Gasteiger partial charge in [0.15, 0.2) is 10.8 Å². The topological polar surface area (TPSA) is 41.6 Å². The van der Waals surface area contributed by atoms with Crippen LogP contribution in [0.4, 0.5) is 0 Å². The van der Waals surface area contributed by atoms with Crippen LogP contribution in [0.15, 0.2) is 22.3 Å². The molecule has 0 bridgehead atoms. The molecule has 0 fully saturated rings. The normalized spacial score (nSPS) is 14.1. The van der Waals surface area contributed by atoms with Crippen molar-refractivity contribution in [2.75, 3.05) is 0 Å². The van der Waals surface area contributed by atoms with Crippen LogP contribution in [-0.4, -0.2) is 15.0 Å². The number of H-pyrrole nitrogens is 1. The second-order valence-electron chi connectivity index (χ2n) is 1.73. The van der Waals surface area contributed by atoms with Gasteiger partial charge in [-0.2, -0.15) is 0 Å². The van der Waals surface area contributed by atoms with E-state index < -0.39 is 0 Å². The van der Waals surface area contributed by atoms with Crippen molar-refractivity contribution < 1.29 is 4.11 Å². The highest BCUT2D eigenvalue weighted by Crippen LogP contribution is 2.22. The Morgan fingerprint density at radius 2 is 2.64 bits per heavy atom. The number of imidazole rings is 1. The lowest BCUT2D eigenvalue weighted by molar-refractivity contribution is 1.25. The molecule has 0 aromatic carbocycles. The van der Waals surface area contributed by atoms with E-state index in [0.29, 0.717) is 20.8 Å². The summed E-state index contributed by atoms with van der Waals surface area (Å²) >= 11 is 4.25. The molecular weight excluding hydrogens is 226 g/mol. The Hall–Kier alpha value is -0.680. The molecule has 2 aromatic heterocycles. The number of halogens is 1. The maximum atomic E-state index is 7.42. The van der Waals surface area contributed by atoms with Crippen LogP contribution in [0, 0.1) is 0 Å². The zero-order valence-electron chi connectivity index (χ0n) is 8.18. The fourth-order valence-electron chi connectivity index (χ4n) is 0.627. The van der Waals surface area contributed by atoms with Crippen molar-refractivity contribution in [3.8, 4) is 10.8 Å². The van der Waals surface area contributed by atoms with Crippen LogP contribution >= 0.6 is 27.3 Å². The van der Waals surface area contributed by atoms with Crippen molar-refractivity contribution >= 4 is 27.3 Å². The number of nitrogens with one attached hydrogen (secondary N) is 1. The fourth-order valence-corrected chi connectivity index (χ4v) is 1.72. The summed E-state index contributed by atoms with van der Waals surface area (Å²) < 4.78 is 22.4. The number of hydrogen-bond acceptors (Lipinski definition) is 3. The molecule has 0 radical (unpaired) electrons. The van der Waals surface area contributed by atoms with E-state index in [1.165, 1.54) is 0 Å². The Balaban J connectivity index is 2.49. The minimum Gasteiger partial charge on any atom is -0.343 e. The van der Waals surface area contributed by atoms with E-state index in [1.54, 1.807) is 0 Å². The van der Waals surface area contributed by atoms with Crippen molar-refractivity contribution in [3.63, 3.8) is 0 Å². The fraction of sp³-hybridized carbons (Fsp3) is 0. The Bertz CT molecular complexity index is 397. The van der Waals surface area contributed by atoms with Crippen LogP contribution in [0.2, 0.25) is 0 Å². The van der Waals surface area contributed by atoms with Gasteiger partial charge in [-0.3, -0.25) is 0 Å². The third-order valence-corrected chi connectivity index (χ3v) is 2.45. The zero-order chi connectivity index (χ0) is 10.3. The number of hydrogen-bond donors (Lipinski definition) is 1. The lowest BCUT2D eigenvalue weighted by Gasteiger charge is -1.84. The molecule has 2 rings (SSSR count). The molecule has 0 saturated carbocycles. The molecule has 0 spiro atoms. The van der Waals surface area contributed by atoms with E-state index in [1.807, 2.05) is 0 Å². The first-order chi connectivity index (χ1) is 6.58. The summed E-state index contributed by atoms with van der Waals surface area (Å²) in [5, 5.41) is 0.809.